The van der Waals surface area contributed by atoms with Crippen LogP contribution in [0.2, 0.25) is 0 Å². The third-order valence-corrected chi connectivity index (χ3v) is 4.56. The molecule has 1 aliphatic rings. The van der Waals surface area contributed by atoms with E-state index in [1.54, 1.807) is 0 Å². The summed E-state index contributed by atoms with van der Waals surface area (Å²) in [5.74, 6) is 0. The van der Waals surface area contributed by atoms with Crippen LogP contribution >= 0.6 is 0 Å². The van der Waals surface area contributed by atoms with E-state index in [0.29, 0.717) is 0 Å². The van der Waals surface area contributed by atoms with Crippen LogP contribution in [0.3, 0.4) is 0 Å². The minimum absolute atomic E-state index is 0.954. The third kappa shape index (κ3) is 3.30. The summed E-state index contributed by atoms with van der Waals surface area (Å²) in [6.07, 6.45) is 7.72. The van der Waals surface area contributed by atoms with Gasteiger partial charge in [-0.3, -0.25) is 9.98 Å². The van der Waals surface area contributed by atoms with E-state index in [9.17, 15) is 0 Å². The second-order valence-electron chi connectivity index (χ2n) is 6.28. The summed E-state index contributed by atoms with van der Waals surface area (Å²) in [7, 11) is 0. The number of fused-ring (bicyclic) bond motifs is 1. The predicted molar refractivity (Wildman–Crippen MR) is 102 cm³/mol. The highest BCUT2D eigenvalue weighted by molar-refractivity contribution is 5.86. The minimum atomic E-state index is 0.954. The first-order chi connectivity index (χ1) is 11.9. The average Bonchev–Trinajstić information content (AvgIpc) is 2.67. The molecule has 120 valence electrons. The molecule has 3 heteroatoms. The zero-order valence-electron chi connectivity index (χ0n) is 13.7. The number of benzene rings is 2. The van der Waals surface area contributed by atoms with Gasteiger partial charge in [0.1, 0.15) is 0 Å². The zero-order valence-corrected chi connectivity index (χ0v) is 13.7. The Morgan fingerprint density at radius 2 is 1.75 bits per heavy atom. The first-order valence-electron chi connectivity index (χ1n) is 8.62. The second-order valence-corrected chi connectivity index (χ2v) is 6.28. The van der Waals surface area contributed by atoms with E-state index < -0.39 is 0 Å². The lowest BCUT2D eigenvalue weighted by Crippen LogP contribution is -2.29. The Labute approximate surface area is 142 Å². The number of pyridine rings is 1. The Kier molecular flexibility index (Phi) is 4.24. The maximum absolute atomic E-state index is 4.60. The van der Waals surface area contributed by atoms with Crippen LogP contribution in [0.1, 0.15) is 24.8 Å². The first-order valence-corrected chi connectivity index (χ1v) is 8.62. The van der Waals surface area contributed by atoms with Gasteiger partial charge in [0, 0.05) is 36.6 Å². The van der Waals surface area contributed by atoms with E-state index in [0.717, 1.165) is 22.2 Å². The summed E-state index contributed by atoms with van der Waals surface area (Å²) in [5.41, 5.74) is 4.41. The van der Waals surface area contributed by atoms with E-state index in [1.807, 2.05) is 30.6 Å². The fourth-order valence-corrected chi connectivity index (χ4v) is 3.22. The number of nitrogens with zero attached hydrogens (tertiary/aromatic N) is 3. The summed E-state index contributed by atoms with van der Waals surface area (Å²) in [4.78, 5) is 11.4. The van der Waals surface area contributed by atoms with Gasteiger partial charge in [0.05, 0.1) is 11.2 Å². The number of hydrogen-bond donors (Lipinski definition) is 0. The molecule has 4 rings (SSSR count). The third-order valence-electron chi connectivity index (χ3n) is 4.56. The monoisotopic (exact) mass is 315 g/mol. The van der Waals surface area contributed by atoms with Crippen LogP contribution in [0.5, 0.6) is 0 Å². The van der Waals surface area contributed by atoms with Crippen LogP contribution < -0.4 is 4.90 Å². The van der Waals surface area contributed by atoms with Gasteiger partial charge in [-0.2, -0.15) is 0 Å². The number of anilines is 1. The lowest BCUT2D eigenvalue weighted by atomic mass is 10.1. The molecule has 1 aliphatic heterocycles. The van der Waals surface area contributed by atoms with Crippen molar-refractivity contribution in [3.8, 4) is 0 Å². The largest absolute Gasteiger partial charge is 0.372 e. The van der Waals surface area contributed by atoms with Crippen molar-refractivity contribution in [1.29, 1.82) is 0 Å². The van der Waals surface area contributed by atoms with E-state index in [-0.39, 0.29) is 0 Å². The minimum Gasteiger partial charge on any atom is -0.372 e. The highest BCUT2D eigenvalue weighted by Gasteiger charge is 2.10. The van der Waals surface area contributed by atoms with E-state index in [4.69, 9.17) is 0 Å². The molecule has 0 saturated carbocycles. The van der Waals surface area contributed by atoms with Crippen molar-refractivity contribution in [2.75, 3.05) is 18.0 Å². The first kappa shape index (κ1) is 14.9. The van der Waals surface area contributed by atoms with Gasteiger partial charge in [-0.25, -0.2) is 0 Å². The van der Waals surface area contributed by atoms with Crippen LogP contribution in [-0.2, 0) is 0 Å². The molecule has 0 bridgehead atoms. The van der Waals surface area contributed by atoms with Crippen molar-refractivity contribution in [2.45, 2.75) is 19.3 Å². The Balaban J connectivity index is 1.50. The molecule has 3 nitrogen and oxygen atoms in total. The Bertz CT molecular complexity index is 846. The van der Waals surface area contributed by atoms with Crippen molar-refractivity contribution >= 4 is 28.5 Å². The number of aliphatic imine (C=N–C) groups is 1. The summed E-state index contributed by atoms with van der Waals surface area (Å²) in [6, 6.07) is 18.8. The SMILES string of the molecule is C(=Nc1ccc2ncccc2c1)c1ccc(N2CCCCC2)cc1. The van der Waals surface area contributed by atoms with Crippen molar-refractivity contribution in [1.82, 2.24) is 4.98 Å². The van der Waals surface area contributed by atoms with Gasteiger partial charge in [0.2, 0.25) is 0 Å². The molecule has 2 aromatic carbocycles. The molecular weight excluding hydrogens is 294 g/mol. The lowest BCUT2D eigenvalue weighted by molar-refractivity contribution is 0.578. The second kappa shape index (κ2) is 6.83. The molecular formula is C21H21N3. The quantitative estimate of drug-likeness (QED) is 0.638. The molecule has 24 heavy (non-hydrogen) atoms. The maximum Gasteiger partial charge on any atom is 0.0703 e. The molecule has 3 aromatic rings. The normalized spacial score (nSPS) is 15.2. The maximum atomic E-state index is 4.60. The number of piperidine rings is 1. The van der Waals surface area contributed by atoms with Gasteiger partial charge in [0.15, 0.2) is 0 Å². The summed E-state index contributed by atoms with van der Waals surface area (Å²) >= 11 is 0. The van der Waals surface area contributed by atoms with E-state index in [1.165, 1.54) is 38.0 Å². The fourth-order valence-electron chi connectivity index (χ4n) is 3.22. The highest BCUT2D eigenvalue weighted by Crippen LogP contribution is 2.21. The smallest absolute Gasteiger partial charge is 0.0703 e. The average molecular weight is 315 g/mol. The van der Waals surface area contributed by atoms with Crippen LogP contribution in [0.4, 0.5) is 11.4 Å². The summed E-state index contributed by atoms with van der Waals surface area (Å²) in [6.45, 7) is 2.36. The van der Waals surface area contributed by atoms with Crippen LogP contribution in [0, 0.1) is 0 Å². The van der Waals surface area contributed by atoms with Crippen molar-refractivity contribution in [2.24, 2.45) is 4.99 Å². The van der Waals surface area contributed by atoms with Crippen molar-refractivity contribution in [3.63, 3.8) is 0 Å². The van der Waals surface area contributed by atoms with Gasteiger partial charge in [-0.1, -0.05) is 18.2 Å². The Morgan fingerprint density at radius 3 is 2.58 bits per heavy atom. The molecule has 0 unspecified atom stereocenters. The molecule has 0 aliphatic carbocycles. The summed E-state index contributed by atoms with van der Waals surface area (Å²) in [5, 5.41) is 1.12. The van der Waals surface area contributed by atoms with Crippen molar-refractivity contribution in [3.05, 3.63) is 66.4 Å². The van der Waals surface area contributed by atoms with Crippen LogP contribution in [0.25, 0.3) is 10.9 Å². The van der Waals surface area contributed by atoms with Gasteiger partial charge >= 0.3 is 0 Å². The molecule has 2 heterocycles. The molecule has 0 spiro atoms. The van der Waals surface area contributed by atoms with Gasteiger partial charge in [0.25, 0.3) is 0 Å². The van der Waals surface area contributed by atoms with Gasteiger partial charge in [-0.15, -0.1) is 0 Å². The van der Waals surface area contributed by atoms with E-state index in [2.05, 4.69) is 51.3 Å². The van der Waals surface area contributed by atoms with E-state index >= 15 is 0 Å². The molecule has 1 fully saturated rings. The topological polar surface area (TPSA) is 28.5 Å². The standard InChI is InChI=1S/C21H21N3/c1-2-13-24(14-3-1)20-9-6-17(7-10-20)16-23-19-8-11-21-18(15-19)5-4-12-22-21/h4-12,15-16H,1-3,13-14H2. The number of hydrogen-bond acceptors (Lipinski definition) is 3. The molecule has 0 radical (unpaired) electrons. The van der Waals surface area contributed by atoms with Crippen LogP contribution in [0.15, 0.2) is 65.8 Å². The zero-order chi connectivity index (χ0) is 16.2. The molecule has 0 atom stereocenters. The predicted octanol–water partition coefficient (Wildman–Crippen LogP) is 4.98. The fraction of sp³-hybridized carbons (Fsp3) is 0.238. The summed E-state index contributed by atoms with van der Waals surface area (Å²) < 4.78 is 0. The van der Waals surface area contributed by atoms with Gasteiger partial charge < -0.3 is 4.90 Å². The Morgan fingerprint density at radius 1 is 0.917 bits per heavy atom. The molecule has 1 aromatic heterocycles. The highest BCUT2D eigenvalue weighted by atomic mass is 15.1. The van der Waals surface area contributed by atoms with Gasteiger partial charge in [-0.05, 0) is 61.2 Å². The van der Waals surface area contributed by atoms with Crippen LogP contribution in [-0.4, -0.2) is 24.3 Å². The molecule has 0 amide bonds. The lowest BCUT2D eigenvalue weighted by Gasteiger charge is -2.28. The number of aromatic nitrogens is 1. The molecule has 1 saturated heterocycles. The molecule has 0 N–H and O–H groups in total. The number of rotatable bonds is 3. The van der Waals surface area contributed by atoms with Crippen molar-refractivity contribution < 1.29 is 0 Å². The Hall–Kier alpha value is -2.68.